The molecule has 2 aromatic rings. The van der Waals surface area contributed by atoms with Crippen molar-refractivity contribution in [2.24, 2.45) is 0 Å². The summed E-state index contributed by atoms with van der Waals surface area (Å²) in [5, 5.41) is 11.3. The molecule has 0 aromatic heterocycles. The smallest absolute Gasteiger partial charge is 0.295 e. The van der Waals surface area contributed by atoms with Crippen LogP contribution >= 0.6 is 0 Å². The number of nitrogens with zero attached hydrogens (tertiary/aromatic N) is 2. The van der Waals surface area contributed by atoms with Crippen molar-refractivity contribution in [3.8, 4) is 11.5 Å². The van der Waals surface area contributed by atoms with Crippen LogP contribution in [0, 0.1) is 0 Å². The van der Waals surface area contributed by atoms with Gasteiger partial charge in [-0.15, -0.1) is 0 Å². The highest BCUT2D eigenvalue weighted by atomic mass is 16.5. The van der Waals surface area contributed by atoms with Crippen molar-refractivity contribution < 1.29 is 28.9 Å². The van der Waals surface area contributed by atoms with Gasteiger partial charge in [-0.2, -0.15) is 0 Å². The topological polar surface area (TPSA) is 88.5 Å². The van der Waals surface area contributed by atoms with E-state index in [1.165, 1.54) is 0 Å². The molecule has 1 atom stereocenters. The third-order valence-electron chi connectivity index (χ3n) is 6.35. The maximum Gasteiger partial charge on any atom is 0.295 e. The maximum atomic E-state index is 13.2. The van der Waals surface area contributed by atoms with E-state index in [-0.39, 0.29) is 11.3 Å². The molecular formula is C27H32N2O6. The third kappa shape index (κ3) is 5.49. The average Bonchev–Trinajstić information content (AvgIpc) is 3.14. The van der Waals surface area contributed by atoms with E-state index in [0.29, 0.717) is 55.4 Å². The summed E-state index contributed by atoms with van der Waals surface area (Å²) < 4.78 is 16.3. The van der Waals surface area contributed by atoms with Gasteiger partial charge in [0.05, 0.1) is 38.5 Å². The van der Waals surface area contributed by atoms with Gasteiger partial charge >= 0.3 is 0 Å². The van der Waals surface area contributed by atoms with Gasteiger partial charge in [0.25, 0.3) is 11.7 Å². The zero-order chi connectivity index (χ0) is 24.8. The van der Waals surface area contributed by atoms with Crippen molar-refractivity contribution in [1.82, 2.24) is 9.80 Å². The molecule has 8 nitrogen and oxygen atoms in total. The normalized spacial score (nSPS) is 20.3. The highest BCUT2D eigenvalue weighted by Gasteiger charge is 2.46. The number of likely N-dealkylation sites (tertiary alicyclic amines) is 1. The van der Waals surface area contributed by atoms with Gasteiger partial charge in [-0.3, -0.25) is 14.5 Å². The molecule has 1 unspecified atom stereocenters. The lowest BCUT2D eigenvalue weighted by Crippen LogP contribution is -2.38. The SMILES string of the molecule is CCOc1cccc(/C(O)=C2\C(=O)C(=O)N(CCCN3CCOCC3)C2c2cccc(OC)c2)c1. The number of methoxy groups -OCH3 is 1. The molecule has 2 saturated heterocycles. The predicted octanol–water partition coefficient (Wildman–Crippen LogP) is 3.24. The van der Waals surface area contributed by atoms with Gasteiger partial charge in [0.1, 0.15) is 17.3 Å². The molecule has 35 heavy (non-hydrogen) atoms. The Kier molecular flexibility index (Phi) is 8.05. The van der Waals surface area contributed by atoms with E-state index in [9.17, 15) is 14.7 Å². The van der Waals surface area contributed by atoms with Crippen molar-refractivity contribution in [1.29, 1.82) is 0 Å². The van der Waals surface area contributed by atoms with Crippen LogP contribution in [0.15, 0.2) is 54.1 Å². The molecule has 0 spiro atoms. The Balaban J connectivity index is 1.69. The van der Waals surface area contributed by atoms with Crippen LogP contribution in [0.2, 0.25) is 0 Å². The predicted molar refractivity (Wildman–Crippen MR) is 131 cm³/mol. The summed E-state index contributed by atoms with van der Waals surface area (Å²) in [5.74, 6) is -0.326. The molecule has 0 bridgehead atoms. The second-order valence-corrected chi connectivity index (χ2v) is 8.54. The largest absolute Gasteiger partial charge is 0.507 e. The van der Waals surface area contributed by atoms with E-state index in [2.05, 4.69) is 4.90 Å². The Labute approximate surface area is 205 Å². The van der Waals surface area contributed by atoms with Crippen LogP contribution in [0.5, 0.6) is 11.5 Å². The summed E-state index contributed by atoms with van der Waals surface area (Å²) >= 11 is 0. The zero-order valence-electron chi connectivity index (χ0n) is 20.2. The van der Waals surface area contributed by atoms with Gasteiger partial charge in [0.2, 0.25) is 0 Å². The average molecular weight is 481 g/mol. The first-order chi connectivity index (χ1) is 17.0. The lowest BCUT2D eigenvalue weighted by atomic mass is 9.95. The van der Waals surface area contributed by atoms with Crippen LogP contribution in [0.1, 0.15) is 30.5 Å². The highest BCUT2D eigenvalue weighted by Crippen LogP contribution is 2.40. The van der Waals surface area contributed by atoms with Gasteiger partial charge in [-0.25, -0.2) is 0 Å². The van der Waals surface area contributed by atoms with Crippen molar-refractivity contribution in [2.75, 3.05) is 53.1 Å². The standard InChI is InChI=1S/C27H32N2O6/c1-3-35-22-10-5-8-20(18-22)25(30)23-24(19-7-4-9-21(17-19)33-2)29(27(32)26(23)31)12-6-11-28-13-15-34-16-14-28/h4-5,7-10,17-18,24,30H,3,6,11-16H2,1-2H3/b25-23+. The third-order valence-corrected chi connectivity index (χ3v) is 6.35. The number of ether oxygens (including phenoxy) is 3. The van der Waals surface area contributed by atoms with E-state index >= 15 is 0 Å². The number of Topliss-reactive ketones (excluding diaryl/α,β-unsaturated/α-hetero) is 1. The number of carbonyl (C=O) groups excluding carboxylic acids is 2. The van der Waals surface area contributed by atoms with Crippen LogP contribution < -0.4 is 9.47 Å². The molecule has 0 radical (unpaired) electrons. The molecule has 186 valence electrons. The van der Waals surface area contributed by atoms with Gasteiger partial charge in [-0.1, -0.05) is 24.3 Å². The molecule has 4 rings (SSSR count). The molecule has 0 saturated carbocycles. The minimum atomic E-state index is -0.717. The van der Waals surface area contributed by atoms with Crippen molar-refractivity contribution in [3.63, 3.8) is 0 Å². The monoisotopic (exact) mass is 480 g/mol. The molecule has 2 fully saturated rings. The Morgan fingerprint density at radius 2 is 1.80 bits per heavy atom. The molecule has 2 aromatic carbocycles. The van der Waals surface area contributed by atoms with Crippen LogP contribution in [0.4, 0.5) is 0 Å². The minimum Gasteiger partial charge on any atom is -0.507 e. The highest BCUT2D eigenvalue weighted by molar-refractivity contribution is 6.46. The van der Waals surface area contributed by atoms with Gasteiger partial charge in [0.15, 0.2) is 0 Å². The van der Waals surface area contributed by atoms with Crippen molar-refractivity contribution >= 4 is 17.4 Å². The first kappa shape index (κ1) is 24.8. The second-order valence-electron chi connectivity index (χ2n) is 8.54. The first-order valence-electron chi connectivity index (χ1n) is 12.0. The molecule has 1 amide bonds. The quantitative estimate of drug-likeness (QED) is 0.335. The van der Waals surface area contributed by atoms with Crippen LogP contribution in [0.25, 0.3) is 5.76 Å². The number of amides is 1. The molecule has 1 N–H and O–H groups in total. The van der Waals surface area contributed by atoms with Crippen LogP contribution in [-0.2, 0) is 14.3 Å². The molecule has 2 heterocycles. The Bertz CT molecular complexity index is 1090. The number of aliphatic hydroxyl groups excluding tert-OH is 1. The molecule has 2 aliphatic heterocycles. The number of hydrogen-bond acceptors (Lipinski definition) is 7. The number of rotatable bonds is 9. The van der Waals surface area contributed by atoms with Gasteiger partial charge in [0, 0.05) is 31.7 Å². The summed E-state index contributed by atoms with van der Waals surface area (Å²) in [4.78, 5) is 30.3. The fraction of sp³-hybridized carbons (Fsp3) is 0.407. The summed E-state index contributed by atoms with van der Waals surface area (Å²) in [7, 11) is 1.57. The van der Waals surface area contributed by atoms with Gasteiger partial charge < -0.3 is 24.2 Å². The lowest BCUT2D eigenvalue weighted by Gasteiger charge is -2.29. The van der Waals surface area contributed by atoms with Crippen LogP contribution in [-0.4, -0.2) is 79.7 Å². The van der Waals surface area contributed by atoms with Crippen LogP contribution in [0.3, 0.4) is 0 Å². The number of ketones is 1. The number of benzene rings is 2. The minimum absolute atomic E-state index is 0.0725. The fourth-order valence-corrected chi connectivity index (χ4v) is 4.61. The van der Waals surface area contributed by atoms with Gasteiger partial charge in [-0.05, 0) is 43.2 Å². The number of aliphatic hydroxyl groups is 1. The van der Waals surface area contributed by atoms with E-state index in [1.54, 1.807) is 48.4 Å². The Morgan fingerprint density at radius 3 is 2.54 bits per heavy atom. The summed E-state index contributed by atoms with van der Waals surface area (Å²) in [6.45, 7) is 6.65. The fourth-order valence-electron chi connectivity index (χ4n) is 4.61. The lowest BCUT2D eigenvalue weighted by molar-refractivity contribution is -0.140. The molecular weight excluding hydrogens is 448 g/mol. The van der Waals surface area contributed by atoms with E-state index < -0.39 is 17.7 Å². The summed E-state index contributed by atoms with van der Waals surface area (Å²) in [6, 6.07) is 13.5. The van der Waals surface area contributed by atoms with E-state index in [0.717, 1.165) is 19.6 Å². The summed E-state index contributed by atoms with van der Waals surface area (Å²) in [6.07, 6.45) is 0.702. The van der Waals surface area contributed by atoms with Crippen molar-refractivity contribution in [3.05, 3.63) is 65.2 Å². The van der Waals surface area contributed by atoms with Crippen molar-refractivity contribution in [2.45, 2.75) is 19.4 Å². The number of carbonyl (C=O) groups is 2. The molecule has 0 aliphatic carbocycles. The van der Waals surface area contributed by atoms with E-state index in [4.69, 9.17) is 14.2 Å². The maximum absolute atomic E-state index is 13.2. The van der Waals surface area contributed by atoms with E-state index in [1.807, 2.05) is 19.1 Å². The number of morpholine rings is 1. The zero-order valence-corrected chi connectivity index (χ0v) is 20.2. The Morgan fingerprint density at radius 1 is 1.06 bits per heavy atom. The summed E-state index contributed by atoms with van der Waals surface area (Å²) in [5.41, 5.74) is 1.20. The molecule has 8 heteroatoms. The second kappa shape index (κ2) is 11.4. The number of hydrogen-bond donors (Lipinski definition) is 1. The first-order valence-corrected chi connectivity index (χ1v) is 12.0. The Hall–Kier alpha value is -3.36. The molecule has 2 aliphatic rings.